The van der Waals surface area contributed by atoms with Crippen LogP contribution in [-0.2, 0) is 0 Å². The zero-order valence-corrected chi connectivity index (χ0v) is 11.7. The number of nitrogens with one attached hydrogen (secondary N) is 1. The molecule has 0 spiro atoms. The van der Waals surface area contributed by atoms with E-state index in [1.54, 1.807) is 0 Å². The quantitative estimate of drug-likeness (QED) is 0.647. The molecule has 0 aromatic heterocycles. The molecule has 1 aliphatic heterocycles. The van der Waals surface area contributed by atoms with Crippen LogP contribution in [0.1, 0.15) is 12.8 Å². The average molecular weight is 218 g/mol. The monoisotopic (exact) mass is 218 g/mol. The van der Waals surface area contributed by atoms with Crippen LogP contribution < -0.4 is 10.5 Å². The predicted octanol–water partition coefficient (Wildman–Crippen LogP) is -0.898. The maximum Gasteiger partial charge on any atom is 0.185 e. The topological polar surface area (TPSA) is 15.3 Å². The van der Waals surface area contributed by atoms with Gasteiger partial charge in [0, 0.05) is 22.0 Å². The third-order valence-electron chi connectivity index (χ3n) is 3.22. The average Bonchev–Trinajstić information content (AvgIpc) is 2.25. The van der Waals surface area contributed by atoms with Crippen LogP contribution in [0, 0.1) is 0 Å². The van der Waals surface area contributed by atoms with Crippen molar-refractivity contribution >= 4 is 29.1 Å². The Morgan fingerprint density at radius 3 is 2.60 bits per heavy atom. The van der Waals surface area contributed by atoms with Gasteiger partial charge in [-0.15, -0.1) is 0 Å². The summed E-state index contributed by atoms with van der Waals surface area (Å²) < 4.78 is 0. The molecule has 80 valence electrons. The van der Waals surface area contributed by atoms with Gasteiger partial charge >= 0.3 is 0 Å². The third kappa shape index (κ3) is 2.86. The van der Waals surface area contributed by atoms with Crippen molar-refractivity contribution in [2.75, 3.05) is 18.4 Å². The van der Waals surface area contributed by atoms with Crippen LogP contribution in [0.3, 0.4) is 0 Å². The number of rotatable bonds is 2. The second-order valence-corrected chi connectivity index (χ2v) is 5.61. The fourth-order valence-electron chi connectivity index (χ4n) is 2.11. The number of piperidine rings is 1. The summed E-state index contributed by atoms with van der Waals surface area (Å²) in [6.45, 7) is 2.45. The molecule has 1 aromatic carbocycles. The highest BCUT2D eigenvalue weighted by Crippen LogP contribution is 2.13. The SMILES string of the molecule is BN1CCC(Nc2ccccc2[SiH3])CC1. The number of hydrogen-bond donors (Lipinski definition) is 1. The van der Waals surface area contributed by atoms with E-state index in [-0.39, 0.29) is 0 Å². The van der Waals surface area contributed by atoms with Gasteiger partial charge in [0.1, 0.15) is 0 Å². The Bertz CT molecular complexity index is 324. The zero-order valence-electron chi connectivity index (χ0n) is 9.66. The van der Waals surface area contributed by atoms with Crippen molar-refractivity contribution in [1.82, 2.24) is 4.81 Å². The van der Waals surface area contributed by atoms with Crippen molar-refractivity contribution in [3.05, 3.63) is 24.3 Å². The van der Waals surface area contributed by atoms with Crippen LogP contribution in [0.4, 0.5) is 5.69 Å². The number of para-hydroxylation sites is 1. The number of nitrogens with zero attached hydrogens (tertiary/aromatic N) is 1. The van der Waals surface area contributed by atoms with E-state index in [2.05, 4.69) is 42.4 Å². The molecule has 1 saturated heterocycles. The van der Waals surface area contributed by atoms with Gasteiger partial charge in [-0.1, -0.05) is 18.2 Å². The summed E-state index contributed by atoms with van der Waals surface area (Å²) in [5, 5.41) is 5.16. The van der Waals surface area contributed by atoms with Crippen LogP contribution in [0.25, 0.3) is 0 Å². The first kappa shape index (κ1) is 10.8. The summed E-state index contributed by atoms with van der Waals surface area (Å²) in [6.07, 6.45) is 2.54. The molecule has 4 heteroatoms. The van der Waals surface area contributed by atoms with Gasteiger partial charge in [-0.05, 0) is 37.2 Å². The van der Waals surface area contributed by atoms with Crippen LogP contribution in [-0.4, -0.2) is 42.2 Å². The lowest BCUT2D eigenvalue weighted by Gasteiger charge is -2.31. The van der Waals surface area contributed by atoms with E-state index in [0.29, 0.717) is 6.04 Å². The summed E-state index contributed by atoms with van der Waals surface area (Å²) in [7, 11) is 3.33. The van der Waals surface area contributed by atoms with Gasteiger partial charge in [0.15, 0.2) is 7.98 Å². The lowest BCUT2D eigenvalue weighted by molar-refractivity contribution is 0.347. The van der Waals surface area contributed by atoms with E-state index in [9.17, 15) is 0 Å². The Balaban J connectivity index is 1.95. The Morgan fingerprint density at radius 2 is 1.93 bits per heavy atom. The summed E-state index contributed by atoms with van der Waals surface area (Å²) in [5.41, 5.74) is 1.36. The van der Waals surface area contributed by atoms with E-state index < -0.39 is 0 Å². The Labute approximate surface area is 95.9 Å². The number of anilines is 1. The van der Waals surface area contributed by atoms with E-state index in [1.807, 2.05) is 0 Å². The second kappa shape index (κ2) is 4.86. The van der Waals surface area contributed by atoms with Gasteiger partial charge in [0.25, 0.3) is 0 Å². The highest BCUT2D eigenvalue weighted by Gasteiger charge is 2.16. The molecule has 0 unspecified atom stereocenters. The molecular formula is C11H19BN2Si. The molecule has 0 bridgehead atoms. The van der Waals surface area contributed by atoms with E-state index >= 15 is 0 Å². The van der Waals surface area contributed by atoms with E-state index in [4.69, 9.17) is 0 Å². The number of benzene rings is 1. The molecule has 1 heterocycles. The first-order chi connectivity index (χ1) is 7.25. The van der Waals surface area contributed by atoms with Crippen molar-refractivity contribution in [2.24, 2.45) is 0 Å². The molecule has 15 heavy (non-hydrogen) atoms. The van der Waals surface area contributed by atoms with Crippen LogP contribution in [0.2, 0.25) is 0 Å². The second-order valence-electron chi connectivity index (χ2n) is 4.54. The Kier molecular flexibility index (Phi) is 3.49. The van der Waals surface area contributed by atoms with Crippen molar-refractivity contribution in [3.8, 4) is 0 Å². The van der Waals surface area contributed by atoms with Gasteiger partial charge in [-0.3, -0.25) is 0 Å². The van der Waals surface area contributed by atoms with Crippen LogP contribution in [0.15, 0.2) is 24.3 Å². The summed E-state index contributed by atoms with van der Waals surface area (Å²) in [5.74, 6) is 0. The Hall–Kier alpha value is -0.738. The summed E-state index contributed by atoms with van der Waals surface area (Å²) in [6, 6.07) is 9.36. The molecule has 1 aromatic rings. The Morgan fingerprint density at radius 1 is 1.27 bits per heavy atom. The molecule has 0 atom stereocenters. The maximum absolute atomic E-state index is 3.68. The molecular weight excluding hydrogens is 199 g/mol. The van der Waals surface area contributed by atoms with Crippen LogP contribution >= 0.6 is 0 Å². The van der Waals surface area contributed by atoms with Crippen molar-refractivity contribution in [2.45, 2.75) is 18.9 Å². The lowest BCUT2D eigenvalue weighted by atomic mass is 10.0. The predicted molar refractivity (Wildman–Crippen MR) is 72.8 cm³/mol. The number of hydrogen-bond acceptors (Lipinski definition) is 2. The molecule has 0 saturated carbocycles. The molecule has 0 radical (unpaired) electrons. The fraction of sp³-hybridized carbons (Fsp3) is 0.455. The zero-order chi connectivity index (χ0) is 10.7. The van der Waals surface area contributed by atoms with Crippen LogP contribution in [0.5, 0.6) is 0 Å². The highest BCUT2D eigenvalue weighted by atomic mass is 28.1. The van der Waals surface area contributed by atoms with Gasteiger partial charge in [0.05, 0.1) is 0 Å². The normalized spacial score (nSPS) is 19.2. The first-order valence-electron chi connectivity index (χ1n) is 5.76. The first-order valence-corrected chi connectivity index (χ1v) is 6.76. The highest BCUT2D eigenvalue weighted by molar-refractivity contribution is 6.35. The summed E-state index contributed by atoms with van der Waals surface area (Å²) >= 11 is 0. The molecule has 1 aliphatic rings. The largest absolute Gasteiger partial charge is 0.382 e. The molecule has 1 N–H and O–H groups in total. The summed E-state index contributed by atoms with van der Waals surface area (Å²) in [4.78, 5) is 2.41. The smallest absolute Gasteiger partial charge is 0.185 e. The minimum absolute atomic E-state index is 0.677. The molecule has 1 fully saturated rings. The minimum atomic E-state index is 0.677. The molecule has 0 amide bonds. The van der Waals surface area contributed by atoms with Gasteiger partial charge < -0.3 is 10.1 Å². The van der Waals surface area contributed by atoms with Gasteiger partial charge in [0.2, 0.25) is 0 Å². The lowest BCUT2D eigenvalue weighted by Crippen LogP contribution is -2.38. The fourth-order valence-corrected chi connectivity index (χ4v) is 2.61. The third-order valence-corrected chi connectivity index (χ3v) is 4.10. The molecule has 2 rings (SSSR count). The van der Waals surface area contributed by atoms with E-state index in [0.717, 1.165) is 10.2 Å². The van der Waals surface area contributed by atoms with Gasteiger partial charge in [-0.2, -0.15) is 0 Å². The maximum atomic E-state index is 3.68. The van der Waals surface area contributed by atoms with Crippen molar-refractivity contribution < 1.29 is 0 Å². The minimum Gasteiger partial charge on any atom is -0.382 e. The van der Waals surface area contributed by atoms with Crippen molar-refractivity contribution in [3.63, 3.8) is 0 Å². The van der Waals surface area contributed by atoms with Gasteiger partial charge in [-0.25, -0.2) is 0 Å². The van der Waals surface area contributed by atoms with E-state index in [1.165, 1.54) is 36.8 Å². The molecule has 2 nitrogen and oxygen atoms in total. The standard InChI is InChI=1S/C11H19BN2Si/c12-14-7-5-9(6-8-14)13-10-3-1-2-4-11(10)15/h1-4,9,13H,5-8,12H2,15H3. The van der Waals surface area contributed by atoms with Crippen molar-refractivity contribution in [1.29, 1.82) is 0 Å². The molecule has 0 aliphatic carbocycles.